The van der Waals surface area contributed by atoms with Gasteiger partial charge in [0.2, 0.25) is 12.7 Å². The minimum atomic E-state index is -0.723. The molecular formula is C18H17NO4. The van der Waals surface area contributed by atoms with E-state index in [1.165, 1.54) is 6.08 Å². The number of hydrogen-bond donors (Lipinski definition) is 2. The van der Waals surface area contributed by atoms with Gasteiger partial charge in [0, 0.05) is 12.6 Å². The molecule has 1 heterocycles. The highest BCUT2D eigenvalue weighted by Gasteiger charge is 2.12. The molecule has 1 unspecified atom stereocenters. The lowest BCUT2D eigenvalue weighted by molar-refractivity contribution is -0.116. The van der Waals surface area contributed by atoms with Crippen LogP contribution in [0.3, 0.4) is 0 Å². The summed E-state index contributed by atoms with van der Waals surface area (Å²) in [5, 5.41) is 12.7. The Balaban J connectivity index is 1.53. The smallest absolute Gasteiger partial charge is 0.244 e. The Hall–Kier alpha value is -2.79. The number of hydrogen-bond acceptors (Lipinski definition) is 4. The van der Waals surface area contributed by atoms with Crippen LogP contribution in [0.1, 0.15) is 17.2 Å². The molecule has 0 saturated carbocycles. The highest BCUT2D eigenvalue weighted by molar-refractivity contribution is 5.91. The van der Waals surface area contributed by atoms with Crippen molar-refractivity contribution in [2.75, 3.05) is 13.3 Å². The van der Waals surface area contributed by atoms with Crippen LogP contribution in [-0.2, 0) is 4.79 Å². The molecule has 2 aromatic carbocycles. The predicted molar refractivity (Wildman–Crippen MR) is 86.0 cm³/mol. The number of carbonyl (C=O) groups is 1. The van der Waals surface area contributed by atoms with Crippen LogP contribution >= 0.6 is 0 Å². The minimum Gasteiger partial charge on any atom is -0.454 e. The second kappa shape index (κ2) is 6.98. The van der Waals surface area contributed by atoms with Crippen molar-refractivity contribution >= 4 is 12.0 Å². The van der Waals surface area contributed by atoms with E-state index in [-0.39, 0.29) is 19.2 Å². The quantitative estimate of drug-likeness (QED) is 0.831. The molecule has 0 spiro atoms. The van der Waals surface area contributed by atoms with Gasteiger partial charge in [-0.25, -0.2) is 0 Å². The number of carbonyl (C=O) groups excluding carboxylic acids is 1. The SMILES string of the molecule is O=C(C=Cc1ccc2c(c1)OCO2)NCC(O)c1ccccc1. The first-order valence-electron chi connectivity index (χ1n) is 7.31. The van der Waals surface area contributed by atoms with Crippen molar-refractivity contribution in [2.24, 2.45) is 0 Å². The van der Waals surface area contributed by atoms with Gasteiger partial charge in [-0.2, -0.15) is 0 Å². The molecule has 0 aromatic heterocycles. The van der Waals surface area contributed by atoms with E-state index in [0.29, 0.717) is 11.5 Å². The number of aliphatic hydroxyl groups excluding tert-OH is 1. The summed E-state index contributed by atoms with van der Waals surface area (Å²) in [5.41, 5.74) is 1.61. The molecule has 0 aliphatic carbocycles. The third-order valence-electron chi connectivity index (χ3n) is 3.48. The summed E-state index contributed by atoms with van der Waals surface area (Å²) < 4.78 is 10.5. The zero-order valence-electron chi connectivity index (χ0n) is 12.4. The van der Waals surface area contributed by atoms with Gasteiger partial charge in [-0.15, -0.1) is 0 Å². The Kier molecular flexibility index (Phi) is 4.59. The van der Waals surface area contributed by atoms with Gasteiger partial charge in [0.1, 0.15) is 0 Å². The summed E-state index contributed by atoms with van der Waals surface area (Å²) in [7, 11) is 0. The number of fused-ring (bicyclic) bond motifs is 1. The van der Waals surface area contributed by atoms with Crippen molar-refractivity contribution in [3.63, 3.8) is 0 Å². The zero-order chi connectivity index (χ0) is 16.1. The van der Waals surface area contributed by atoms with E-state index < -0.39 is 6.10 Å². The molecule has 2 N–H and O–H groups in total. The monoisotopic (exact) mass is 311 g/mol. The van der Waals surface area contributed by atoms with Gasteiger partial charge >= 0.3 is 0 Å². The van der Waals surface area contributed by atoms with Gasteiger partial charge in [-0.05, 0) is 29.3 Å². The number of amides is 1. The molecule has 23 heavy (non-hydrogen) atoms. The average Bonchev–Trinajstić information content (AvgIpc) is 3.06. The number of benzene rings is 2. The first-order valence-corrected chi connectivity index (χ1v) is 7.31. The molecule has 1 atom stereocenters. The Bertz CT molecular complexity index is 712. The summed E-state index contributed by atoms with van der Waals surface area (Å²) in [5.74, 6) is 1.11. The van der Waals surface area contributed by atoms with Crippen LogP contribution in [0.4, 0.5) is 0 Å². The second-order valence-corrected chi connectivity index (χ2v) is 5.12. The standard InChI is InChI=1S/C18H17NO4/c20-15(14-4-2-1-3-5-14)11-19-18(21)9-7-13-6-8-16-17(10-13)23-12-22-16/h1-10,15,20H,11-12H2,(H,19,21). The van der Waals surface area contributed by atoms with E-state index >= 15 is 0 Å². The van der Waals surface area contributed by atoms with Gasteiger partial charge in [0.25, 0.3) is 0 Å². The number of rotatable bonds is 5. The van der Waals surface area contributed by atoms with Gasteiger partial charge in [-0.1, -0.05) is 36.4 Å². The van der Waals surface area contributed by atoms with Crippen LogP contribution in [0.2, 0.25) is 0 Å². The first kappa shape index (κ1) is 15.1. The highest BCUT2D eigenvalue weighted by atomic mass is 16.7. The molecule has 2 aromatic rings. The molecule has 1 aliphatic rings. The van der Waals surface area contributed by atoms with Crippen molar-refractivity contribution < 1.29 is 19.4 Å². The maximum Gasteiger partial charge on any atom is 0.244 e. The molecule has 0 fully saturated rings. The lowest BCUT2D eigenvalue weighted by Gasteiger charge is -2.10. The first-order chi connectivity index (χ1) is 11.2. The van der Waals surface area contributed by atoms with Gasteiger partial charge in [-0.3, -0.25) is 4.79 Å². The van der Waals surface area contributed by atoms with Crippen molar-refractivity contribution in [3.05, 3.63) is 65.7 Å². The average molecular weight is 311 g/mol. The third-order valence-corrected chi connectivity index (χ3v) is 3.48. The summed E-state index contributed by atoms with van der Waals surface area (Å²) in [6, 6.07) is 14.7. The fourth-order valence-corrected chi connectivity index (χ4v) is 2.24. The largest absolute Gasteiger partial charge is 0.454 e. The van der Waals surface area contributed by atoms with E-state index in [4.69, 9.17) is 9.47 Å². The molecule has 0 saturated heterocycles. The third kappa shape index (κ3) is 3.90. The van der Waals surface area contributed by atoms with Crippen LogP contribution in [-0.4, -0.2) is 24.4 Å². The molecule has 1 aliphatic heterocycles. The fraction of sp³-hybridized carbons (Fsp3) is 0.167. The Morgan fingerprint density at radius 1 is 1.17 bits per heavy atom. The number of aliphatic hydroxyl groups is 1. The van der Waals surface area contributed by atoms with Crippen LogP contribution in [0.15, 0.2) is 54.6 Å². The van der Waals surface area contributed by atoms with Gasteiger partial charge in [0.15, 0.2) is 11.5 Å². The topological polar surface area (TPSA) is 67.8 Å². The van der Waals surface area contributed by atoms with E-state index in [0.717, 1.165) is 11.1 Å². The minimum absolute atomic E-state index is 0.161. The second-order valence-electron chi connectivity index (χ2n) is 5.12. The fourth-order valence-electron chi connectivity index (χ4n) is 2.24. The van der Waals surface area contributed by atoms with E-state index in [1.807, 2.05) is 42.5 Å². The molecule has 5 heteroatoms. The summed E-state index contributed by atoms with van der Waals surface area (Å²) in [6.45, 7) is 0.384. The van der Waals surface area contributed by atoms with Crippen molar-refractivity contribution in [1.82, 2.24) is 5.32 Å². The molecule has 3 rings (SSSR count). The zero-order valence-corrected chi connectivity index (χ0v) is 12.4. The van der Waals surface area contributed by atoms with Crippen LogP contribution in [0.5, 0.6) is 11.5 Å². The van der Waals surface area contributed by atoms with Crippen molar-refractivity contribution in [2.45, 2.75) is 6.10 Å². The van der Waals surface area contributed by atoms with Crippen molar-refractivity contribution in [1.29, 1.82) is 0 Å². The number of ether oxygens (including phenoxy) is 2. The molecule has 118 valence electrons. The molecule has 5 nitrogen and oxygen atoms in total. The van der Waals surface area contributed by atoms with Gasteiger partial charge < -0.3 is 19.9 Å². The number of nitrogens with one attached hydrogen (secondary N) is 1. The summed E-state index contributed by atoms with van der Waals surface area (Å²) in [6.07, 6.45) is 2.39. The maximum atomic E-state index is 11.8. The molecule has 0 bridgehead atoms. The highest BCUT2D eigenvalue weighted by Crippen LogP contribution is 2.32. The Labute approximate surface area is 134 Å². The van der Waals surface area contributed by atoms with Crippen LogP contribution in [0.25, 0.3) is 6.08 Å². The van der Waals surface area contributed by atoms with E-state index in [1.54, 1.807) is 12.1 Å². The lowest BCUT2D eigenvalue weighted by Crippen LogP contribution is -2.26. The summed E-state index contributed by atoms with van der Waals surface area (Å²) in [4.78, 5) is 11.8. The predicted octanol–water partition coefficient (Wildman–Crippen LogP) is 2.28. The maximum absolute atomic E-state index is 11.8. The van der Waals surface area contributed by atoms with Crippen LogP contribution in [0, 0.1) is 0 Å². The van der Waals surface area contributed by atoms with E-state index in [9.17, 15) is 9.90 Å². The normalized spacial score (nSPS) is 14.0. The molecule has 0 radical (unpaired) electrons. The Morgan fingerprint density at radius 3 is 2.78 bits per heavy atom. The molecular weight excluding hydrogens is 294 g/mol. The summed E-state index contributed by atoms with van der Waals surface area (Å²) >= 11 is 0. The van der Waals surface area contributed by atoms with Crippen LogP contribution < -0.4 is 14.8 Å². The Morgan fingerprint density at radius 2 is 1.96 bits per heavy atom. The van der Waals surface area contributed by atoms with Gasteiger partial charge in [0.05, 0.1) is 6.10 Å². The van der Waals surface area contributed by atoms with Crippen molar-refractivity contribution in [3.8, 4) is 11.5 Å². The molecule has 1 amide bonds. The van der Waals surface area contributed by atoms with E-state index in [2.05, 4.69) is 5.32 Å². The lowest BCUT2D eigenvalue weighted by atomic mass is 10.1.